The molecule has 4 nitrogen and oxygen atoms in total. The Kier molecular flexibility index (Phi) is 5.19. The van der Waals surface area contributed by atoms with Crippen LogP contribution in [0.25, 0.3) is 0 Å². The molecule has 0 heterocycles. The van der Waals surface area contributed by atoms with Crippen LogP contribution >= 0.6 is 0 Å². The van der Waals surface area contributed by atoms with E-state index in [4.69, 9.17) is 0 Å². The van der Waals surface area contributed by atoms with Gasteiger partial charge in [-0.2, -0.15) is 4.21 Å². The first-order valence-electron chi connectivity index (χ1n) is 1.89. The average molecular weight is 140 g/mol. The Morgan fingerprint density at radius 3 is 2.50 bits per heavy atom. The second kappa shape index (κ2) is 5.17. The molecule has 0 aliphatic heterocycles. The lowest BCUT2D eigenvalue weighted by Gasteiger charge is -1.95. The van der Waals surface area contributed by atoms with Crippen molar-refractivity contribution in [3.63, 3.8) is 0 Å². The highest BCUT2D eigenvalue weighted by Gasteiger charge is 1.92. The maximum atomic E-state index is 10.2. The highest BCUT2D eigenvalue weighted by molar-refractivity contribution is 7.75. The first-order valence-corrected chi connectivity index (χ1v) is 2.89. The molecule has 0 N–H and O–H groups in total. The van der Waals surface area contributed by atoms with Crippen LogP contribution in [0.2, 0.25) is 0 Å². The standard InChI is InChI=1S/C3H8O4S/c1-5-3-7-8(4)6-2/h3H2,1-2H3. The Hall–Kier alpha value is 0.0300. The fourth-order valence-corrected chi connectivity index (χ4v) is 0.407. The third-order valence-corrected chi connectivity index (χ3v) is 0.959. The summed E-state index contributed by atoms with van der Waals surface area (Å²) < 4.78 is 23.2. The normalized spacial score (nSPS) is 13.8. The van der Waals surface area contributed by atoms with Gasteiger partial charge in [0.15, 0.2) is 6.79 Å². The first kappa shape index (κ1) is 8.03. The summed E-state index contributed by atoms with van der Waals surface area (Å²) in [6, 6.07) is 0. The monoisotopic (exact) mass is 140 g/mol. The zero-order chi connectivity index (χ0) is 6.41. The van der Waals surface area contributed by atoms with Crippen molar-refractivity contribution in [3.05, 3.63) is 0 Å². The van der Waals surface area contributed by atoms with Crippen LogP contribution in [-0.4, -0.2) is 25.2 Å². The van der Waals surface area contributed by atoms with Crippen molar-refractivity contribution in [2.45, 2.75) is 0 Å². The van der Waals surface area contributed by atoms with Crippen molar-refractivity contribution >= 4 is 11.4 Å². The summed E-state index contributed by atoms with van der Waals surface area (Å²) in [6.45, 7) is -0.0134. The average Bonchev–Trinajstić information content (AvgIpc) is 1.83. The van der Waals surface area contributed by atoms with E-state index < -0.39 is 11.4 Å². The molecule has 1 atom stereocenters. The summed E-state index contributed by atoms with van der Waals surface area (Å²) in [6.07, 6.45) is 0. The van der Waals surface area contributed by atoms with E-state index in [0.29, 0.717) is 0 Å². The van der Waals surface area contributed by atoms with E-state index in [1.165, 1.54) is 14.2 Å². The third kappa shape index (κ3) is 4.20. The number of ether oxygens (including phenoxy) is 1. The smallest absolute Gasteiger partial charge is 0.306 e. The molecule has 0 bridgehead atoms. The maximum Gasteiger partial charge on any atom is 0.306 e. The summed E-state index contributed by atoms with van der Waals surface area (Å²) in [5.74, 6) is 0. The van der Waals surface area contributed by atoms with Crippen LogP contribution in [0, 0.1) is 0 Å². The predicted molar refractivity (Wildman–Crippen MR) is 28.1 cm³/mol. The molecular weight excluding hydrogens is 132 g/mol. The van der Waals surface area contributed by atoms with E-state index in [2.05, 4.69) is 13.1 Å². The Morgan fingerprint density at radius 2 is 2.12 bits per heavy atom. The summed E-state index contributed by atoms with van der Waals surface area (Å²) >= 11 is -1.65. The SMILES string of the molecule is COCOS(=O)OC. The van der Waals surface area contributed by atoms with E-state index >= 15 is 0 Å². The molecule has 0 amide bonds. The fourth-order valence-electron chi connectivity index (χ4n) is 0.136. The van der Waals surface area contributed by atoms with E-state index in [-0.39, 0.29) is 6.79 Å². The minimum Gasteiger partial charge on any atom is -0.357 e. The van der Waals surface area contributed by atoms with E-state index in [1.807, 2.05) is 0 Å². The van der Waals surface area contributed by atoms with Gasteiger partial charge < -0.3 is 4.74 Å². The van der Waals surface area contributed by atoms with Crippen molar-refractivity contribution in [2.75, 3.05) is 21.0 Å². The first-order chi connectivity index (χ1) is 3.81. The van der Waals surface area contributed by atoms with Crippen molar-refractivity contribution < 1.29 is 17.3 Å². The molecular formula is C3H8O4S. The highest BCUT2D eigenvalue weighted by Crippen LogP contribution is 1.83. The molecule has 1 unspecified atom stereocenters. The molecule has 0 aromatic rings. The number of hydrogen-bond donors (Lipinski definition) is 0. The van der Waals surface area contributed by atoms with Crippen LogP contribution in [0.15, 0.2) is 0 Å². The zero-order valence-electron chi connectivity index (χ0n) is 4.75. The van der Waals surface area contributed by atoms with E-state index in [1.54, 1.807) is 0 Å². The Bertz CT molecular complexity index is 73.7. The van der Waals surface area contributed by atoms with Crippen LogP contribution in [-0.2, 0) is 24.5 Å². The summed E-state index contributed by atoms with van der Waals surface area (Å²) in [7, 11) is 2.72. The summed E-state index contributed by atoms with van der Waals surface area (Å²) in [4.78, 5) is 0. The second-order valence-corrected chi connectivity index (χ2v) is 1.87. The van der Waals surface area contributed by atoms with E-state index in [9.17, 15) is 4.21 Å². The van der Waals surface area contributed by atoms with Crippen molar-refractivity contribution in [3.8, 4) is 0 Å². The lowest BCUT2D eigenvalue weighted by molar-refractivity contribution is 0.0525. The van der Waals surface area contributed by atoms with Gasteiger partial charge >= 0.3 is 11.4 Å². The van der Waals surface area contributed by atoms with Gasteiger partial charge in [0.1, 0.15) is 0 Å². The molecule has 0 saturated heterocycles. The molecule has 0 fully saturated rings. The minimum atomic E-state index is -1.65. The van der Waals surface area contributed by atoms with Gasteiger partial charge in [-0.05, 0) is 0 Å². The van der Waals surface area contributed by atoms with Gasteiger partial charge in [-0.25, -0.2) is 4.18 Å². The molecule has 0 spiro atoms. The molecule has 8 heavy (non-hydrogen) atoms. The molecule has 0 radical (unpaired) electrons. The maximum absolute atomic E-state index is 10.2. The van der Waals surface area contributed by atoms with Gasteiger partial charge in [0.25, 0.3) is 0 Å². The topological polar surface area (TPSA) is 44.8 Å². The molecule has 5 heteroatoms. The van der Waals surface area contributed by atoms with Crippen LogP contribution in [0.4, 0.5) is 0 Å². The highest BCUT2D eigenvalue weighted by atomic mass is 32.2. The van der Waals surface area contributed by atoms with Crippen molar-refractivity contribution in [1.82, 2.24) is 0 Å². The quantitative estimate of drug-likeness (QED) is 0.509. The van der Waals surface area contributed by atoms with Crippen LogP contribution in [0.1, 0.15) is 0 Å². The molecule has 0 aromatic carbocycles. The zero-order valence-corrected chi connectivity index (χ0v) is 5.56. The van der Waals surface area contributed by atoms with Crippen LogP contribution in [0.5, 0.6) is 0 Å². The second-order valence-electron chi connectivity index (χ2n) is 0.895. The molecule has 0 rings (SSSR count). The van der Waals surface area contributed by atoms with Gasteiger partial charge in [-0.15, -0.1) is 0 Å². The largest absolute Gasteiger partial charge is 0.357 e. The van der Waals surface area contributed by atoms with Gasteiger partial charge in [0.05, 0.1) is 7.11 Å². The fraction of sp³-hybridized carbons (Fsp3) is 1.00. The molecule has 0 aliphatic rings. The summed E-state index contributed by atoms with van der Waals surface area (Å²) in [5.41, 5.74) is 0. The summed E-state index contributed by atoms with van der Waals surface area (Å²) in [5, 5.41) is 0. The van der Waals surface area contributed by atoms with Gasteiger partial charge in [0.2, 0.25) is 0 Å². The minimum absolute atomic E-state index is 0.0134. The number of methoxy groups -OCH3 is 1. The van der Waals surface area contributed by atoms with Gasteiger partial charge in [-0.1, -0.05) is 0 Å². The van der Waals surface area contributed by atoms with E-state index in [0.717, 1.165) is 0 Å². The molecule has 0 aromatic heterocycles. The Labute approximate surface area is 50.6 Å². The van der Waals surface area contributed by atoms with Crippen molar-refractivity contribution in [2.24, 2.45) is 0 Å². The Balaban J connectivity index is 2.99. The predicted octanol–water partition coefficient (Wildman–Crippen LogP) is -0.168. The lowest BCUT2D eigenvalue weighted by atomic mass is 11.4. The number of hydrogen-bond acceptors (Lipinski definition) is 4. The molecule has 50 valence electrons. The van der Waals surface area contributed by atoms with Crippen molar-refractivity contribution in [1.29, 1.82) is 0 Å². The van der Waals surface area contributed by atoms with Gasteiger partial charge in [0, 0.05) is 7.11 Å². The van der Waals surface area contributed by atoms with Gasteiger partial charge in [-0.3, -0.25) is 4.18 Å². The lowest BCUT2D eigenvalue weighted by Crippen LogP contribution is -2.01. The molecule has 0 saturated carbocycles. The Morgan fingerprint density at radius 1 is 1.50 bits per heavy atom. The van der Waals surface area contributed by atoms with Crippen LogP contribution < -0.4 is 0 Å². The number of rotatable bonds is 4. The molecule has 0 aliphatic carbocycles. The third-order valence-electron chi connectivity index (χ3n) is 0.398. The van der Waals surface area contributed by atoms with Crippen LogP contribution in [0.3, 0.4) is 0 Å².